The maximum Gasteiger partial charge on any atom is 0.323 e. The first-order valence-electron chi connectivity index (χ1n) is 10.3. The normalized spacial score (nSPS) is 13.9. The Morgan fingerprint density at radius 1 is 1.00 bits per heavy atom. The molecule has 1 aromatic rings. The highest BCUT2D eigenvalue weighted by Gasteiger charge is 2.38. The van der Waals surface area contributed by atoms with Crippen LogP contribution >= 0.6 is 8.45 Å². The molecular formula is C22H36N3O3P. The van der Waals surface area contributed by atoms with Crippen LogP contribution in [0, 0.1) is 11.3 Å². The smallest absolute Gasteiger partial charge is 0.323 e. The van der Waals surface area contributed by atoms with Crippen LogP contribution in [0.15, 0.2) is 30.3 Å². The zero-order valence-corrected chi connectivity index (χ0v) is 19.7. The Morgan fingerprint density at radius 2 is 1.55 bits per heavy atom. The van der Waals surface area contributed by atoms with E-state index in [1.165, 1.54) is 0 Å². The molecule has 0 aliphatic rings. The summed E-state index contributed by atoms with van der Waals surface area (Å²) < 4.78 is 16.2. The molecule has 0 aliphatic heterocycles. The van der Waals surface area contributed by atoms with Gasteiger partial charge in [-0.15, -0.1) is 0 Å². The summed E-state index contributed by atoms with van der Waals surface area (Å²) in [6.07, 6.45) is 0.321. The Labute approximate surface area is 177 Å². The molecule has 0 spiro atoms. The summed E-state index contributed by atoms with van der Waals surface area (Å²) in [5.74, 6) is -0.272. The lowest BCUT2D eigenvalue weighted by Gasteiger charge is -2.45. The van der Waals surface area contributed by atoms with Gasteiger partial charge in [-0.25, -0.2) is 9.34 Å². The van der Waals surface area contributed by atoms with Crippen LogP contribution < -0.4 is 0 Å². The van der Waals surface area contributed by atoms with Crippen molar-refractivity contribution in [3.8, 4) is 6.07 Å². The van der Waals surface area contributed by atoms with Gasteiger partial charge < -0.3 is 9.26 Å². The van der Waals surface area contributed by atoms with E-state index in [1.54, 1.807) is 0 Å². The fraction of sp³-hybridized carbons (Fsp3) is 0.636. The molecule has 7 heteroatoms. The molecule has 0 fully saturated rings. The summed E-state index contributed by atoms with van der Waals surface area (Å²) in [6, 6.07) is 11.9. The van der Waals surface area contributed by atoms with E-state index < -0.39 is 14.5 Å². The summed E-state index contributed by atoms with van der Waals surface area (Å²) in [7, 11) is -1.24. The van der Waals surface area contributed by atoms with Crippen LogP contribution in [0.4, 0.5) is 0 Å². The Hall–Kier alpha value is -1.51. The van der Waals surface area contributed by atoms with Crippen LogP contribution in [0.3, 0.4) is 0 Å². The van der Waals surface area contributed by atoms with Gasteiger partial charge in [-0.05, 0) is 54.0 Å². The molecular weight excluding hydrogens is 385 g/mol. The number of carbonyl (C=O) groups is 1. The number of esters is 1. The predicted octanol–water partition coefficient (Wildman–Crippen LogP) is 5.10. The van der Waals surface area contributed by atoms with Gasteiger partial charge in [0.1, 0.15) is 12.6 Å². The Balaban J connectivity index is 3.04. The van der Waals surface area contributed by atoms with Crippen LogP contribution in [-0.2, 0) is 20.7 Å². The molecule has 1 aromatic carbocycles. The van der Waals surface area contributed by atoms with Crippen molar-refractivity contribution in [2.45, 2.75) is 85.7 Å². The zero-order chi connectivity index (χ0) is 22.0. The van der Waals surface area contributed by atoms with Gasteiger partial charge in [0.2, 0.25) is 0 Å². The summed E-state index contributed by atoms with van der Waals surface area (Å²) in [5.41, 5.74) is 0.961. The highest BCUT2D eigenvalue weighted by molar-refractivity contribution is 7.47. The fourth-order valence-corrected chi connectivity index (χ4v) is 5.50. The van der Waals surface area contributed by atoms with Gasteiger partial charge in [-0.3, -0.25) is 4.79 Å². The SMILES string of the molecule is CC(C)N(C(C)C)P(OCCC#N)N(C(C)C)C(C)C(=O)OCc1ccccc1. The lowest BCUT2D eigenvalue weighted by atomic mass is 10.2. The summed E-state index contributed by atoms with van der Waals surface area (Å²) in [5, 5.41) is 8.94. The van der Waals surface area contributed by atoms with E-state index in [4.69, 9.17) is 14.5 Å². The van der Waals surface area contributed by atoms with Gasteiger partial charge in [-0.2, -0.15) is 5.26 Å². The molecule has 0 aromatic heterocycles. The van der Waals surface area contributed by atoms with E-state index in [2.05, 4.69) is 57.0 Å². The van der Waals surface area contributed by atoms with Crippen molar-refractivity contribution < 1.29 is 14.1 Å². The number of carbonyl (C=O) groups excluding carboxylic acids is 1. The largest absolute Gasteiger partial charge is 0.460 e. The number of hydrogen-bond donors (Lipinski definition) is 0. The molecule has 0 N–H and O–H groups in total. The number of benzene rings is 1. The Bertz CT molecular complexity index is 638. The average Bonchev–Trinajstić information content (AvgIpc) is 2.66. The molecule has 0 saturated heterocycles. The number of nitriles is 1. The Morgan fingerprint density at radius 3 is 2.03 bits per heavy atom. The second kappa shape index (κ2) is 12.9. The maximum absolute atomic E-state index is 12.9. The number of ether oxygens (including phenoxy) is 1. The van der Waals surface area contributed by atoms with E-state index in [1.807, 2.05) is 37.3 Å². The number of rotatable bonds is 12. The lowest BCUT2D eigenvalue weighted by molar-refractivity contribution is -0.149. The van der Waals surface area contributed by atoms with E-state index in [9.17, 15) is 4.79 Å². The molecule has 6 nitrogen and oxygen atoms in total. The minimum atomic E-state index is -1.24. The molecule has 2 atom stereocenters. The molecule has 29 heavy (non-hydrogen) atoms. The van der Waals surface area contributed by atoms with Crippen LogP contribution in [0.25, 0.3) is 0 Å². The molecule has 0 aliphatic carbocycles. The first-order valence-corrected chi connectivity index (χ1v) is 11.4. The topological polar surface area (TPSA) is 65.8 Å². The molecule has 2 unspecified atom stereocenters. The van der Waals surface area contributed by atoms with E-state index in [0.29, 0.717) is 13.0 Å². The third kappa shape index (κ3) is 8.03. The molecule has 0 amide bonds. The van der Waals surface area contributed by atoms with Gasteiger partial charge >= 0.3 is 5.97 Å². The van der Waals surface area contributed by atoms with E-state index in [-0.39, 0.29) is 30.7 Å². The quantitative estimate of drug-likeness (QED) is 0.266. The molecule has 162 valence electrons. The van der Waals surface area contributed by atoms with Gasteiger partial charge in [0.25, 0.3) is 0 Å². The third-order valence-electron chi connectivity index (χ3n) is 4.36. The fourth-order valence-electron chi connectivity index (χ4n) is 3.17. The van der Waals surface area contributed by atoms with Crippen LogP contribution in [0.2, 0.25) is 0 Å². The van der Waals surface area contributed by atoms with E-state index >= 15 is 0 Å². The first-order chi connectivity index (χ1) is 13.7. The summed E-state index contributed by atoms with van der Waals surface area (Å²) in [6.45, 7) is 15.1. The van der Waals surface area contributed by atoms with Crippen molar-refractivity contribution in [2.75, 3.05) is 6.61 Å². The van der Waals surface area contributed by atoms with Gasteiger partial charge in [-0.1, -0.05) is 30.3 Å². The minimum Gasteiger partial charge on any atom is -0.460 e. The third-order valence-corrected chi connectivity index (χ3v) is 7.30. The van der Waals surface area contributed by atoms with Gasteiger partial charge in [0, 0.05) is 18.1 Å². The first kappa shape index (κ1) is 25.5. The standard InChI is InChI=1S/C22H36N3O3P/c1-17(2)24(18(3)4)29(28-15-11-14-23)25(19(5)6)20(7)22(26)27-16-21-12-9-8-10-13-21/h8-10,12-13,17-20H,11,15-16H2,1-7H3. The molecule has 0 bridgehead atoms. The average molecular weight is 422 g/mol. The van der Waals surface area contributed by atoms with Gasteiger partial charge in [0.15, 0.2) is 8.45 Å². The van der Waals surface area contributed by atoms with Crippen LogP contribution in [-0.4, -0.2) is 46.1 Å². The zero-order valence-electron chi connectivity index (χ0n) is 18.8. The highest BCUT2D eigenvalue weighted by atomic mass is 31.2. The number of nitrogens with zero attached hydrogens (tertiary/aromatic N) is 3. The molecule has 0 saturated carbocycles. The maximum atomic E-state index is 12.9. The molecule has 1 rings (SSSR count). The Kier molecular flexibility index (Phi) is 11.4. The van der Waals surface area contributed by atoms with E-state index in [0.717, 1.165) is 5.56 Å². The monoisotopic (exact) mass is 421 g/mol. The van der Waals surface area contributed by atoms with Crippen molar-refractivity contribution in [3.63, 3.8) is 0 Å². The second-order valence-corrected chi connectivity index (χ2v) is 9.49. The van der Waals surface area contributed by atoms with Crippen LogP contribution in [0.1, 0.15) is 60.5 Å². The highest BCUT2D eigenvalue weighted by Crippen LogP contribution is 2.50. The van der Waals surface area contributed by atoms with Crippen molar-refractivity contribution >= 4 is 14.4 Å². The van der Waals surface area contributed by atoms with Crippen LogP contribution in [0.5, 0.6) is 0 Å². The number of hydrogen-bond acceptors (Lipinski definition) is 6. The molecule has 0 radical (unpaired) electrons. The van der Waals surface area contributed by atoms with Crippen molar-refractivity contribution in [3.05, 3.63) is 35.9 Å². The predicted molar refractivity (Wildman–Crippen MR) is 118 cm³/mol. The van der Waals surface area contributed by atoms with Crippen molar-refractivity contribution in [1.29, 1.82) is 5.26 Å². The summed E-state index contributed by atoms with van der Waals surface area (Å²) >= 11 is 0. The summed E-state index contributed by atoms with van der Waals surface area (Å²) in [4.78, 5) is 12.9. The lowest BCUT2D eigenvalue weighted by Crippen LogP contribution is -2.47. The second-order valence-electron chi connectivity index (χ2n) is 7.80. The minimum absolute atomic E-state index is 0.0717. The van der Waals surface area contributed by atoms with Crippen molar-refractivity contribution in [2.24, 2.45) is 0 Å². The van der Waals surface area contributed by atoms with Crippen molar-refractivity contribution in [1.82, 2.24) is 9.34 Å². The van der Waals surface area contributed by atoms with Gasteiger partial charge in [0.05, 0.1) is 19.1 Å². The molecule has 0 heterocycles.